The Morgan fingerprint density at radius 1 is 0.932 bits per heavy atom. The number of halogens is 2. The van der Waals surface area contributed by atoms with Gasteiger partial charge in [0.15, 0.2) is 0 Å². The van der Waals surface area contributed by atoms with Crippen molar-refractivity contribution < 1.29 is 34.1 Å². The number of ether oxygens (including phenoxy) is 1. The molecule has 0 bridgehead atoms. The van der Waals surface area contributed by atoms with Crippen molar-refractivity contribution in [1.29, 1.82) is 0 Å². The van der Waals surface area contributed by atoms with E-state index in [1.54, 1.807) is 43.4 Å². The minimum Gasteiger partial charge on any atom is -0.481 e. The van der Waals surface area contributed by atoms with Gasteiger partial charge in [-0.3, -0.25) is 9.69 Å². The van der Waals surface area contributed by atoms with E-state index in [0.717, 1.165) is 10.6 Å². The number of nitrogens with one attached hydrogen (secondary N) is 1. The third-order valence-corrected chi connectivity index (χ3v) is 7.20. The average Bonchev–Trinajstić information content (AvgIpc) is 3.01. The predicted molar refractivity (Wildman–Crippen MR) is 173 cm³/mol. The minimum absolute atomic E-state index is 0.0338. The fraction of sp³-hybridized carbons (Fsp3) is 0.355. The Balaban J connectivity index is 2.06. The predicted octanol–water partition coefficient (Wildman–Crippen LogP) is 6.03. The smallest absolute Gasteiger partial charge is 0.414 e. The normalized spacial score (nSPS) is 11.9. The molecule has 0 spiro atoms. The highest BCUT2D eigenvalue weighted by atomic mass is 35.5. The van der Waals surface area contributed by atoms with Gasteiger partial charge in [0.05, 0.1) is 0 Å². The van der Waals surface area contributed by atoms with Gasteiger partial charge in [-0.25, -0.2) is 14.4 Å². The van der Waals surface area contributed by atoms with E-state index in [2.05, 4.69) is 23.4 Å². The largest absolute Gasteiger partial charge is 0.481 e. The number of hydrogen-bond acceptors (Lipinski definition) is 6. The molecule has 44 heavy (non-hydrogen) atoms. The lowest BCUT2D eigenvalue weighted by Crippen LogP contribution is -2.58. The summed E-state index contributed by atoms with van der Waals surface area (Å²) in [4.78, 5) is 54.0. The van der Waals surface area contributed by atoms with Crippen molar-refractivity contribution >= 4 is 64.3 Å². The van der Waals surface area contributed by atoms with Gasteiger partial charge < -0.3 is 30.1 Å². The SMILES string of the molecule is C=CCN(C(=O)Nc1ccc(COC(=O)N(C)c2ccc(N(CCCl)CCCl)cc2)cc1)[C@@](CC=C)(CCC(=O)O)C(=O)O. The number of hydrogen-bond donors (Lipinski definition) is 3. The molecule has 2 aromatic carbocycles. The van der Waals surface area contributed by atoms with Crippen molar-refractivity contribution in [2.45, 2.75) is 31.4 Å². The molecule has 1 atom stereocenters. The van der Waals surface area contributed by atoms with Crippen molar-refractivity contribution in [1.82, 2.24) is 4.90 Å². The average molecular weight is 650 g/mol. The highest BCUT2D eigenvalue weighted by Gasteiger charge is 2.45. The summed E-state index contributed by atoms with van der Waals surface area (Å²) in [6.07, 6.45) is 1.18. The number of aliphatic carboxylic acids is 2. The molecule has 0 aromatic heterocycles. The molecule has 238 valence electrons. The van der Waals surface area contributed by atoms with Crippen molar-refractivity contribution in [3.63, 3.8) is 0 Å². The van der Waals surface area contributed by atoms with E-state index in [-0.39, 0.29) is 26.0 Å². The highest BCUT2D eigenvalue weighted by molar-refractivity contribution is 6.18. The molecule has 0 unspecified atom stereocenters. The third-order valence-electron chi connectivity index (χ3n) is 6.86. The second kappa shape index (κ2) is 17.8. The number of carbonyl (C=O) groups excluding carboxylic acids is 2. The number of nitrogens with zero attached hydrogens (tertiary/aromatic N) is 3. The Kier molecular flexibility index (Phi) is 14.5. The summed E-state index contributed by atoms with van der Waals surface area (Å²) in [6, 6.07) is 13.1. The molecular formula is C31H38Cl2N4O7. The maximum atomic E-state index is 13.2. The van der Waals surface area contributed by atoms with E-state index in [0.29, 0.717) is 41.8 Å². The van der Waals surface area contributed by atoms with Crippen LogP contribution in [-0.4, -0.2) is 83.2 Å². The molecule has 0 saturated heterocycles. The molecule has 2 rings (SSSR count). The zero-order chi connectivity index (χ0) is 32.7. The summed E-state index contributed by atoms with van der Waals surface area (Å²) >= 11 is 11.8. The van der Waals surface area contributed by atoms with Crippen molar-refractivity contribution in [2.24, 2.45) is 0 Å². The summed E-state index contributed by atoms with van der Waals surface area (Å²) in [7, 11) is 1.60. The Morgan fingerprint density at radius 2 is 1.52 bits per heavy atom. The van der Waals surface area contributed by atoms with Crippen molar-refractivity contribution in [2.75, 3.05) is 53.6 Å². The Morgan fingerprint density at radius 3 is 2.02 bits per heavy atom. The maximum Gasteiger partial charge on any atom is 0.414 e. The molecule has 0 radical (unpaired) electrons. The van der Waals surface area contributed by atoms with E-state index >= 15 is 0 Å². The first-order valence-corrected chi connectivity index (χ1v) is 14.8. The topological polar surface area (TPSA) is 140 Å². The fourth-order valence-electron chi connectivity index (χ4n) is 4.47. The molecule has 0 aliphatic heterocycles. The molecule has 0 aliphatic rings. The first kappa shape index (κ1) is 36.0. The zero-order valence-corrected chi connectivity index (χ0v) is 26.1. The van der Waals surface area contributed by atoms with Crippen LogP contribution in [0.3, 0.4) is 0 Å². The molecule has 0 heterocycles. The first-order chi connectivity index (χ1) is 21.0. The van der Waals surface area contributed by atoms with Gasteiger partial charge in [0.2, 0.25) is 0 Å². The molecule has 0 aliphatic carbocycles. The molecule has 13 heteroatoms. The lowest BCUT2D eigenvalue weighted by atomic mass is 9.87. The van der Waals surface area contributed by atoms with Crippen LogP contribution in [0, 0.1) is 0 Å². The van der Waals surface area contributed by atoms with Gasteiger partial charge in [0.25, 0.3) is 0 Å². The fourth-order valence-corrected chi connectivity index (χ4v) is 4.88. The van der Waals surface area contributed by atoms with Crippen LogP contribution in [0.15, 0.2) is 73.8 Å². The van der Waals surface area contributed by atoms with Crippen LogP contribution < -0.4 is 15.1 Å². The molecule has 0 saturated carbocycles. The van der Waals surface area contributed by atoms with Crippen LogP contribution in [0.1, 0.15) is 24.8 Å². The number of amides is 3. The second-order valence-electron chi connectivity index (χ2n) is 9.74. The number of benzene rings is 2. The summed E-state index contributed by atoms with van der Waals surface area (Å²) in [5, 5.41) is 21.9. The van der Waals surface area contributed by atoms with Gasteiger partial charge in [-0.15, -0.1) is 36.4 Å². The zero-order valence-electron chi connectivity index (χ0n) is 24.6. The van der Waals surface area contributed by atoms with Crippen LogP contribution in [0.4, 0.5) is 26.7 Å². The third kappa shape index (κ3) is 9.92. The lowest BCUT2D eigenvalue weighted by molar-refractivity contribution is -0.150. The maximum absolute atomic E-state index is 13.2. The monoisotopic (exact) mass is 648 g/mol. The Labute approximate surface area is 267 Å². The summed E-state index contributed by atoms with van der Waals surface area (Å²) in [6.45, 7) is 8.31. The van der Waals surface area contributed by atoms with E-state index in [4.69, 9.17) is 33.0 Å². The number of rotatable bonds is 18. The summed E-state index contributed by atoms with van der Waals surface area (Å²) < 4.78 is 5.45. The number of carboxylic acids is 2. The van der Waals surface area contributed by atoms with Gasteiger partial charge in [-0.2, -0.15) is 0 Å². The van der Waals surface area contributed by atoms with Crippen molar-refractivity contribution in [3.05, 3.63) is 79.4 Å². The number of carbonyl (C=O) groups is 4. The molecule has 3 N–H and O–H groups in total. The van der Waals surface area contributed by atoms with E-state index in [9.17, 15) is 24.3 Å². The molecule has 3 amide bonds. The van der Waals surface area contributed by atoms with Crippen LogP contribution in [-0.2, 0) is 20.9 Å². The van der Waals surface area contributed by atoms with Crippen LogP contribution in [0.2, 0.25) is 0 Å². The number of alkyl halides is 2. The minimum atomic E-state index is -1.84. The standard InChI is InChI=1S/C31H38Cl2N4O7/c1-4-15-31(28(40)41,16-14-27(38)39)37(19-5-2)29(42)34-24-8-6-23(7-9-24)22-44-30(43)35(3)25-10-12-26(13-11-25)36(20-17-32)21-18-33/h4-13H,1-2,14-22H2,3H3,(H,34,42)(H,38,39)(H,40,41)/t31-/m0/s1. The summed E-state index contributed by atoms with van der Waals surface area (Å²) in [5.41, 5.74) is 0.729. The van der Waals surface area contributed by atoms with Crippen LogP contribution >= 0.6 is 23.2 Å². The highest BCUT2D eigenvalue weighted by Crippen LogP contribution is 2.29. The van der Waals surface area contributed by atoms with Gasteiger partial charge in [-0.05, 0) is 54.8 Å². The quantitative estimate of drug-likeness (QED) is 0.132. The number of carboxylic acid groups (broad SMARTS) is 2. The van der Waals surface area contributed by atoms with Crippen molar-refractivity contribution in [3.8, 4) is 0 Å². The number of anilines is 3. The second-order valence-corrected chi connectivity index (χ2v) is 10.5. The van der Waals surface area contributed by atoms with E-state index < -0.39 is 36.0 Å². The van der Waals surface area contributed by atoms with E-state index in [1.807, 2.05) is 12.1 Å². The van der Waals surface area contributed by atoms with Gasteiger partial charge in [0.1, 0.15) is 12.1 Å². The molecule has 0 fully saturated rings. The van der Waals surface area contributed by atoms with Gasteiger partial charge in [0, 0.05) is 61.9 Å². The first-order valence-electron chi connectivity index (χ1n) is 13.7. The van der Waals surface area contributed by atoms with Crippen LogP contribution in [0.5, 0.6) is 0 Å². The summed E-state index contributed by atoms with van der Waals surface area (Å²) in [5.74, 6) is -1.62. The molecule has 11 nitrogen and oxygen atoms in total. The number of urea groups is 1. The Hall–Kier alpha value is -4.22. The van der Waals surface area contributed by atoms with E-state index in [1.165, 1.54) is 17.1 Å². The molecule has 2 aromatic rings. The van der Waals surface area contributed by atoms with Gasteiger partial charge in [-0.1, -0.05) is 24.3 Å². The lowest BCUT2D eigenvalue weighted by Gasteiger charge is -2.39. The van der Waals surface area contributed by atoms with Crippen LogP contribution in [0.25, 0.3) is 0 Å². The van der Waals surface area contributed by atoms with Gasteiger partial charge >= 0.3 is 24.1 Å². The Bertz CT molecular complexity index is 1280. The molecular weight excluding hydrogens is 611 g/mol.